The maximum absolute atomic E-state index is 12.8. The van der Waals surface area contributed by atoms with Crippen LogP contribution in [0.4, 0.5) is 0 Å². The van der Waals surface area contributed by atoms with Crippen molar-refractivity contribution in [1.29, 1.82) is 0 Å². The lowest BCUT2D eigenvalue weighted by Crippen LogP contribution is -2.33. The quantitative estimate of drug-likeness (QED) is 0.666. The number of nitrogens with zero attached hydrogens (tertiary/aromatic N) is 5. The summed E-state index contributed by atoms with van der Waals surface area (Å²) >= 11 is 0. The summed E-state index contributed by atoms with van der Waals surface area (Å²) in [7, 11) is 0. The third kappa shape index (κ3) is 4.73. The molecule has 0 bridgehead atoms. The molecule has 2 N–H and O–H groups in total. The van der Waals surface area contributed by atoms with Gasteiger partial charge in [-0.25, -0.2) is 4.68 Å². The van der Waals surface area contributed by atoms with Crippen molar-refractivity contribution in [2.24, 2.45) is 5.73 Å². The van der Waals surface area contributed by atoms with Gasteiger partial charge < -0.3 is 10.6 Å². The van der Waals surface area contributed by atoms with E-state index < -0.39 is 0 Å². The second-order valence-corrected chi connectivity index (χ2v) is 6.04. The van der Waals surface area contributed by atoms with Crippen LogP contribution in [-0.4, -0.2) is 44.1 Å². The molecule has 2 aromatic carbocycles. The van der Waals surface area contributed by atoms with Gasteiger partial charge in [-0.1, -0.05) is 42.5 Å². The van der Waals surface area contributed by atoms with Crippen LogP contribution in [0.3, 0.4) is 0 Å². The topological polar surface area (TPSA) is 89.9 Å². The standard InChI is InChI=1S/C19H22N6O/c20-11-4-12-24(14-17-5-2-1-3-6-17)19(26)13-16-7-9-18(10-8-16)25-15-21-22-23-25/h1-3,5-10,15H,4,11-14,20H2. The van der Waals surface area contributed by atoms with E-state index in [1.165, 1.54) is 6.33 Å². The zero-order valence-corrected chi connectivity index (χ0v) is 14.5. The zero-order valence-electron chi connectivity index (χ0n) is 14.5. The summed E-state index contributed by atoms with van der Waals surface area (Å²) in [4.78, 5) is 14.7. The van der Waals surface area contributed by atoms with Crippen molar-refractivity contribution in [3.63, 3.8) is 0 Å². The summed E-state index contributed by atoms with van der Waals surface area (Å²) in [6, 6.07) is 17.7. The molecule has 0 saturated carbocycles. The molecule has 7 nitrogen and oxygen atoms in total. The number of carbonyl (C=O) groups excluding carboxylic acids is 1. The molecule has 0 fully saturated rings. The van der Waals surface area contributed by atoms with E-state index in [0.717, 1.165) is 23.2 Å². The van der Waals surface area contributed by atoms with E-state index >= 15 is 0 Å². The molecule has 7 heteroatoms. The molecule has 0 spiro atoms. The van der Waals surface area contributed by atoms with Gasteiger partial charge in [-0.3, -0.25) is 4.79 Å². The number of nitrogens with two attached hydrogens (primary N) is 1. The minimum Gasteiger partial charge on any atom is -0.338 e. The molecule has 0 aliphatic rings. The van der Waals surface area contributed by atoms with Gasteiger partial charge in [0, 0.05) is 13.1 Å². The first-order valence-electron chi connectivity index (χ1n) is 8.60. The summed E-state index contributed by atoms with van der Waals surface area (Å²) in [5.74, 6) is 0.0949. The van der Waals surface area contributed by atoms with Crippen LogP contribution in [-0.2, 0) is 17.8 Å². The van der Waals surface area contributed by atoms with E-state index in [9.17, 15) is 4.79 Å². The highest BCUT2D eigenvalue weighted by Crippen LogP contribution is 2.12. The van der Waals surface area contributed by atoms with Crippen molar-refractivity contribution in [3.05, 3.63) is 72.1 Å². The average Bonchev–Trinajstić information content (AvgIpc) is 3.21. The molecule has 134 valence electrons. The van der Waals surface area contributed by atoms with Gasteiger partial charge in [-0.2, -0.15) is 0 Å². The molecule has 0 aliphatic carbocycles. The Hall–Kier alpha value is -3.06. The second kappa shape index (κ2) is 8.87. The summed E-state index contributed by atoms with van der Waals surface area (Å²) in [5.41, 5.74) is 8.56. The lowest BCUT2D eigenvalue weighted by molar-refractivity contribution is -0.131. The van der Waals surface area contributed by atoms with Gasteiger partial charge >= 0.3 is 0 Å². The zero-order chi connectivity index (χ0) is 18.2. The molecule has 1 heterocycles. The SMILES string of the molecule is NCCCN(Cc1ccccc1)C(=O)Cc1ccc(-n2cnnn2)cc1. The molecule has 1 aromatic heterocycles. The average molecular weight is 350 g/mol. The van der Waals surface area contributed by atoms with Crippen molar-refractivity contribution in [3.8, 4) is 5.69 Å². The predicted molar refractivity (Wildman–Crippen MR) is 98.4 cm³/mol. The van der Waals surface area contributed by atoms with Crippen LogP contribution in [0.25, 0.3) is 5.69 Å². The molecular weight excluding hydrogens is 328 g/mol. The minimum atomic E-state index is 0.0949. The van der Waals surface area contributed by atoms with Crippen LogP contribution in [0.1, 0.15) is 17.5 Å². The molecule has 0 saturated heterocycles. The van der Waals surface area contributed by atoms with Gasteiger partial charge in [0.25, 0.3) is 0 Å². The first-order chi connectivity index (χ1) is 12.8. The highest BCUT2D eigenvalue weighted by atomic mass is 16.2. The van der Waals surface area contributed by atoms with Gasteiger partial charge in [0.05, 0.1) is 12.1 Å². The molecule has 0 radical (unpaired) electrons. The number of tetrazole rings is 1. The van der Waals surface area contributed by atoms with Crippen LogP contribution in [0.15, 0.2) is 60.9 Å². The fourth-order valence-corrected chi connectivity index (χ4v) is 2.71. The molecule has 0 atom stereocenters. The lowest BCUT2D eigenvalue weighted by Gasteiger charge is -2.23. The van der Waals surface area contributed by atoms with Crippen molar-refractivity contribution < 1.29 is 4.79 Å². The van der Waals surface area contributed by atoms with Crippen LogP contribution in [0.2, 0.25) is 0 Å². The number of aromatic nitrogens is 4. The molecule has 3 aromatic rings. The molecule has 3 rings (SSSR count). The first-order valence-corrected chi connectivity index (χ1v) is 8.60. The Labute approximate surface area is 152 Å². The number of rotatable bonds is 8. The van der Waals surface area contributed by atoms with Gasteiger partial charge in [0.15, 0.2) is 0 Å². The summed E-state index contributed by atoms with van der Waals surface area (Å²) < 4.78 is 1.58. The van der Waals surface area contributed by atoms with E-state index in [0.29, 0.717) is 26.1 Å². The normalized spacial score (nSPS) is 10.7. The van der Waals surface area contributed by atoms with E-state index in [1.54, 1.807) is 4.68 Å². The summed E-state index contributed by atoms with van der Waals surface area (Å²) in [6.07, 6.45) is 2.68. The van der Waals surface area contributed by atoms with E-state index in [1.807, 2.05) is 59.5 Å². The molecule has 0 unspecified atom stereocenters. The highest BCUT2D eigenvalue weighted by Gasteiger charge is 2.14. The third-order valence-corrected chi connectivity index (χ3v) is 4.11. The fraction of sp³-hybridized carbons (Fsp3) is 0.263. The van der Waals surface area contributed by atoms with Gasteiger partial charge in [-0.05, 0) is 46.7 Å². The maximum atomic E-state index is 12.8. The molecular formula is C19H22N6O. The van der Waals surface area contributed by atoms with E-state index in [2.05, 4.69) is 15.5 Å². The first kappa shape index (κ1) is 17.8. The smallest absolute Gasteiger partial charge is 0.227 e. The monoisotopic (exact) mass is 350 g/mol. The van der Waals surface area contributed by atoms with Gasteiger partial charge in [-0.15, -0.1) is 5.10 Å². The number of carbonyl (C=O) groups is 1. The van der Waals surface area contributed by atoms with Crippen LogP contribution >= 0.6 is 0 Å². The Kier molecular flexibility index (Phi) is 6.05. The number of hydrogen-bond donors (Lipinski definition) is 1. The van der Waals surface area contributed by atoms with Gasteiger partial charge in [0.1, 0.15) is 6.33 Å². The Morgan fingerprint density at radius 3 is 2.46 bits per heavy atom. The largest absolute Gasteiger partial charge is 0.338 e. The number of benzene rings is 2. The van der Waals surface area contributed by atoms with Crippen molar-refractivity contribution in [1.82, 2.24) is 25.1 Å². The second-order valence-electron chi connectivity index (χ2n) is 6.04. The van der Waals surface area contributed by atoms with Crippen molar-refractivity contribution in [2.75, 3.05) is 13.1 Å². The Morgan fingerprint density at radius 1 is 1.04 bits per heavy atom. The van der Waals surface area contributed by atoms with Crippen molar-refractivity contribution >= 4 is 5.91 Å². The van der Waals surface area contributed by atoms with Crippen LogP contribution in [0, 0.1) is 0 Å². The molecule has 26 heavy (non-hydrogen) atoms. The minimum absolute atomic E-state index is 0.0949. The van der Waals surface area contributed by atoms with Crippen LogP contribution < -0.4 is 5.73 Å². The Morgan fingerprint density at radius 2 is 1.81 bits per heavy atom. The van der Waals surface area contributed by atoms with Crippen LogP contribution in [0.5, 0.6) is 0 Å². The third-order valence-electron chi connectivity index (χ3n) is 4.11. The summed E-state index contributed by atoms with van der Waals surface area (Å²) in [5, 5.41) is 11.1. The van der Waals surface area contributed by atoms with Gasteiger partial charge in [0.2, 0.25) is 5.91 Å². The summed E-state index contributed by atoms with van der Waals surface area (Å²) in [6.45, 7) is 1.83. The number of hydrogen-bond acceptors (Lipinski definition) is 5. The Balaban J connectivity index is 1.66. The van der Waals surface area contributed by atoms with Crippen molar-refractivity contribution in [2.45, 2.75) is 19.4 Å². The Bertz CT molecular complexity index is 802. The highest BCUT2D eigenvalue weighted by molar-refractivity contribution is 5.78. The van der Waals surface area contributed by atoms with E-state index in [-0.39, 0.29) is 5.91 Å². The number of amides is 1. The molecule has 1 amide bonds. The maximum Gasteiger partial charge on any atom is 0.227 e. The lowest BCUT2D eigenvalue weighted by atomic mass is 10.1. The molecule has 0 aliphatic heterocycles. The predicted octanol–water partition coefficient (Wildman–Crippen LogP) is 1.58. The van der Waals surface area contributed by atoms with E-state index in [4.69, 9.17) is 5.73 Å². The fourth-order valence-electron chi connectivity index (χ4n) is 2.71.